The maximum absolute atomic E-state index is 14.2. The zero-order chi connectivity index (χ0) is 15.1. The second-order valence-corrected chi connectivity index (χ2v) is 6.06. The predicted octanol–water partition coefficient (Wildman–Crippen LogP) is 3.01. The first-order valence-electron chi connectivity index (χ1n) is 6.98. The van der Waals surface area contributed by atoms with Crippen molar-refractivity contribution in [3.8, 4) is 0 Å². The van der Waals surface area contributed by atoms with Gasteiger partial charge >= 0.3 is 5.97 Å². The monoisotopic (exact) mass is 311 g/mol. The Morgan fingerprint density at radius 2 is 2.05 bits per heavy atom. The Morgan fingerprint density at radius 1 is 1.33 bits per heavy atom. The van der Waals surface area contributed by atoms with Crippen LogP contribution in [-0.4, -0.2) is 27.9 Å². The van der Waals surface area contributed by atoms with Gasteiger partial charge in [-0.3, -0.25) is 9.59 Å². The summed E-state index contributed by atoms with van der Waals surface area (Å²) in [5.41, 5.74) is 0.204. The third-order valence-electron chi connectivity index (χ3n) is 4.17. The first-order chi connectivity index (χ1) is 9.99. The van der Waals surface area contributed by atoms with Crippen molar-refractivity contribution in [3.05, 3.63) is 34.6 Å². The van der Waals surface area contributed by atoms with E-state index in [-0.39, 0.29) is 30.4 Å². The minimum absolute atomic E-state index is 0.0306. The summed E-state index contributed by atoms with van der Waals surface area (Å²) < 4.78 is 14.2. The van der Waals surface area contributed by atoms with Crippen molar-refractivity contribution in [3.63, 3.8) is 0 Å². The number of rotatable bonds is 3. The first-order valence-corrected chi connectivity index (χ1v) is 7.35. The van der Waals surface area contributed by atoms with Gasteiger partial charge in [-0.15, -0.1) is 0 Å². The summed E-state index contributed by atoms with van der Waals surface area (Å²) in [5, 5.41) is 9.78. The van der Waals surface area contributed by atoms with Crippen molar-refractivity contribution >= 4 is 23.5 Å². The quantitative estimate of drug-likeness (QED) is 0.933. The molecule has 1 amide bonds. The van der Waals surface area contributed by atoms with Gasteiger partial charge in [0, 0.05) is 23.0 Å². The Labute approximate surface area is 126 Å². The van der Waals surface area contributed by atoms with Gasteiger partial charge in [0.1, 0.15) is 5.82 Å². The van der Waals surface area contributed by atoms with Crippen LogP contribution in [0.4, 0.5) is 4.39 Å². The van der Waals surface area contributed by atoms with Gasteiger partial charge in [0.15, 0.2) is 0 Å². The van der Waals surface area contributed by atoms with E-state index in [1.165, 1.54) is 18.2 Å². The second kappa shape index (κ2) is 5.30. The average molecular weight is 312 g/mol. The molecule has 1 heterocycles. The smallest absolute Gasteiger partial charge is 0.308 e. The SMILES string of the molecule is O=C(O)C1CCC(=O)N(C2CC2)C1c1cc(Cl)ccc1F. The van der Waals surface area contributed by atoms with Crippen LogP contribution in [0.1, 0.15) is 37.3 Å². The van der Waals surface area contributed by atoms with Gasteiger partial charge in [-0.05, 0) is 37.5 Å². The van der Waals surface area contributed by atoms with Gasteiger partial charge in [-0.1, -0.05) is 11.6 Å². The fourth-order valence-electron chi connectivity index (χ4n) is 3.06. The molecule has 2 aliphatic rings. The molecule has 2 unspecified atom stereocenters. The Morgan fingerprint density at radius 3 is 2.67 bits per heavy atom. The number of likely N-dealkylation sites (tertiary alicyclic amines) is 1. The summed E-state index contributed by atoms with van der Waals surface area (Å²) in [7, 11) is 0. The lowest BCUT2D eigenvalue weighted by Gasteiger charge is -2.40. The molecule has 1 aromatic rings. The molecule has 2 atom stereocenters. The zero-order valence-corrected chi connectivity index (χ0v) is 12.0. The van der Waals surface area contributed by atoms with Crippen LogP contribution < -0.4 is 0 Å². The molecule has 0 spiro atoms. The van der Waals surface area contributed by atoms with Crippen LogP contribution in [0, 0.1) is 11.7 Å². The molecule has 112 valence electrons. The highest BCUT2D eigenvalue weighted by molar-refractivity contribution is 6.30. The van der Waals surface area contributed by atoms with Gasteiger partial charge in [-0.25, -0.2) is 4.39 Å². The molecule has 0 aromatic heterocycles. The number of carbonyl (C=O) groups is 2. The van der Waals surface area contributed by atoms with Crippen LogP contribution in [0.3, 0.4) is 0 Å². The van der Waals surface area contributed by atoms with Crippen LogP contribution in [0.15, 0.2) is 18.2 Å². The van der Waals surface area contributed by atoms with Crippen molar-refractivity contribution in [1.82, 2.24) is 4.90 Å². The third kappa shape index (κ3) is 2.62. The summed E-state index contributed by atoms with van der Waals surface area (Å²) in [6.07, 6.45) is 2.12. The molecule has 0 radical (unpaired) electrons. The van der Waals surface area contributed by atoms with Gasteiger partial charge in [0.25, 0.3) is 0 Å². The van der Waals surface area contributed by atoms with Crippen molar-refractivity contribution in [2.75, 3.05) is 0 Å². The van der Waals surface area contributed by atoms with Crippen molar-refractivity contribution in [1.29, 1.82) is 0 Å². The molecule has 1 N–H and O–H groups in total. The lowest BCUT2D eigenvalue weighted by Crippen LogP contribution is -2.46. The molecule has 4 nitrogen and oxygen atoms in total. The number of aliphatic carboxylic acids is 1. The van der Waals surface area contributed by atoms with E-state index >= 15 is 0 Å². The fraction of sp³-hybridized carbons (Fsp3) is 0.467. The number of nitrogens with zero attached hydrogens (tertiary/aromatic N) is 1. The fourth-order valence-corrected chi connectivity index (χ4v) is 3.25. The van der Waals surface area contributed by atoms with E-state index in [0.717, 1.165) is 12.8 Å². The van der Waals surface area contributed by atoms with Crippen LogP contribution in [0.5, 0.6) is 0 Å². The number of hydrogen-bond acceptors (Lipinski definition) is 2. The highest BCUT2D eigenvalue weighted by Crippen LogP contribution is 2.44. The third-order valence-corrected chi connectivity index (χ3v) is 4.41. The van der Waals surface area contributed by atoms with Crippen molar-refractivity contribution in [2.45, 2.75) is 37.8 Å². The number of hydrogen-bond donors (Lipinski definition) is 1. The van der Waals surface area contributed by atoms with Gasteiger partial charge in [0.2, 0.25) is 5.91 Å². The topological polar surface area (TPSA) is 57.6 Å². The van der Waals surface area contributed by atoms with Gasteiger partial charge in [0.05, 0.1) is 12.0 Å². The number of piperidine rings is 1. The Hall–Kier alpha value is -1.62. The number of carboxylic acids is 1. The lowest BCUT2D eigenvalue weighted by atomic mass is 9.84. The minimum Gasteiger partial charge on any atom is -0.481 e. The molecule has 0 bridgehead atoms. The van der Waals surface area contributed by atoms with Crippen molar-refractivity contribution in [2.24, 2.45) is 5.92 Å². The van der Waals surface area contributed by atoms with E-state index in [1.54, 1.807) is 4.90 Å². The molecule has 1 saturated carbocycles. The van der Waals surface area contributed by atoms with Gasteiger partial charge in [-0.2, -0.15) is 0 Å². The standard InChI is InChI=1S/C15H15ClFNO3/c16-8-1-5-12(17)11(7-8)14-10(15(20)21)4-6-13(19)18(14)9-2-3-9/h1,5,7,9-10,14H,2-4,6H2,(H,20,21). The summed E-state index contributed by atoms with van der Waals surface area (Å²) in [4.78, 5) is 25.3. The molecular weight excluding hydrogens is 297 g/mol. The Bertz CT molecular complexity index is 603. The van der Waals surface area contributed by atoms with Gasteiger partial charge < -0.3 is 10.0 Å². The average Bonchev–Trinajstić information content (AvgIpc) is 3.25. The Kier molecular flexibility index (Phi) is 3.61. The maximum atomic E-state index is 14.2. The number of halogens is 2. The van der Waals surface area contributed by atoms with E-state index in [4.69, 9.17) is 11.6 Å². The highest BCUT2D eigenvalue weighted by Gasteiger charge is 2.47. The van der Waals surface area contributed by atoms with E-state index in [2.05, 4.69) is 0 Å². The van der Waals surface area contributed by atoms with Crippen molar-refractivity contribution < 1.29 is 19.1 Å². The molecular formula is C15H15ClFNO3. The molecule has 6 heteroatoms. The van der Waals surface area contributed by atoms with E-state index in [0.29, 0.717) is 5.02 Å². The van der Waals surface area contributed by atoms with Crippen LogP contribution in [0.2, 0.25) is 5.02 Å². The van der Waals surface area contributed by atoms with E-state index < -0.39 is 23.7 Å². The Balaban J connectivity index is 2.08. The lowest BCUT2D eigenvalue weighted by molar-refractivity contribution is -0.152. The summed E-state index contributed by atoms with van der Waals surface area (Å²) in [6.45, 7) is 0. The largest absolute Gasteiger partial charge is 0.481 e. The maximum Gasteiger partial charge on any atom is 0.308 e. The first kappa shape index (κ1) is 14.3. The molecule has 3 rings (SSSR count). The molecule has 2 fully saturated rings. The highest BCUT2D eigenvalue weighted by atomic mass is 35.5. The second-order valence-electron chi connectivity index (χ2n) is 5.63. The number of benzene rings is 1. The van der Waals surface area contributed by atoms with Crippen LogP contribution >= 0.6 is 11.6 Å². The number of amides is 1. The predicted molar refractivity (Wildman–Crippen MR) is 74.4 cm³/mol. The van der Waals surface area contributed by atoms with E-state index in [1.807, 2.05) is 0 Å². The molecule has 21 heavy (non-hydrogen) atoms. The molecule has 1 aliphatic heterocycles. The minimum atomic E-state index is -1.00. The summed E-state index contributed by atoms with van der Waals surface area (Å²) >= 11 is 5.93. The number of carboxylic acid groups (broad SMARTS) is 1. The van der Waals surface area contributed by atoms with Crippen LogP contribution in [-0.2, 0) is 9.59 Å². The summed E-state index contributed by atoms with van der Waals surface area (Å²) in [6, 6.07) is 3.34. The molecule has 1 aromatic carbocycles. The normalized spacial score (nSPS) is 26.0. The summed E-state index contributed by atoms with van der Waals surface area (Å²) in [5.74, 6) is -2.41. The molecule has 1 aliphatic carbocycles. The zero-order valence-electron chi connectivity index (χ0n) is 11.3. The molecule has 1 saturated heterocycles. The van der Waals surface area contributed by atoms with E-state index in [9.17, 15) is 19.1 Å². The number of carbonyl (C=O) groups excluding carboxylic acids is 1. The van der Waals surface area contributed by atoms with Crippen LogP contribution in [0.25, 0.3) is 0 Å².